The van der Waals surface area contributed by atoms with E-state index >= 15 is 0 Å². The summed E-state index contributed by atoms with van der Waals surface area (Å²) in [6, 6.07) is 1.90. The summed E-state index contributed by atoms with van der Waals surface area (Å²) >= 11 is 0. The molecule has 0 bridgehead atoms. The Morgan fingerprint density at radius 2 is 1.92 bits per heavy atom. The third kappa shape index (κ3) is 5.75. The molecule has 0 spiro atoms. The molecule has 1 aliphatic rings. The maximum atomic E-state index is 12.0. The average molecular weight is 336 g/mol. The normalized spacial score (nSPS) is 16.4. The van der Waals surface area contributed by atoms with Crippen LogP contribution in [0.5, 0.6) is 0 Å². The fourth-order valence-electron chi connectivity index (χ4n) is 2.40. The monoisotopic (exact) mass is 336 g/mol. The minimum atomic E-state index is -0.469. The van der Waals surface area contributed by atoms with Crippen LogP contribution in [0.25, 0.3) is 0 Å². The lowest BCUT2D eigenvalue weighted by Crippen LogP contribution is -2.53. The number of guanidine groups is 1. The van der Waals surface area contributed by atoms with Crippen molar-refractivity contribution in [2.24, 2.45) is 10.7 Å². The quantitative estimate of drug-likeness (QED) is 0.506. The highest BCUT2D eigenvalue weighted by Crippen LogP contribution is 2.11. The van der Waals surface area contributed by atoms with E-state index < -0.39 is 5.60 Å². The molecule has 8 heteroatoms. The largest absolute Gasteiger partial charge is 0.444 e. The van der Waals surface area contributed by atoms with Gasteiger partial charge in [-0.15, -0.1) is 0 Å². The number of piperazine rings is 1. The molecule has 8 nitrogen and oxygen atoms in total. The van der Waals surface area contributed by atoms with Crippen molar-refractivity contribution < 1.29 is 9.53 Å². The molecule has 0 aliphatic carbocycles. The van der Waals surface area contributed by atoms with Gasteiger partial charge in [0.1, 0.15) is 5.60 Å². The van der Waals surface area contributed by atoms with Crippen molar-refractivity contribution in [2.75, 3.05) is 32.7 Å². The number of ether oxygens (including phenoxy) is 1. The summed E-state index contributed by atoms with van der Waals surface area (Å²) < 4.78 is 7.27. The van der Waals surface area contributed by atoms with E-state index in [1.165, 1.54) is 0 Å². The first-order valence-electron chi connectivity index (χ1n) is 8.35. The number of aryl methyl sites for hydroxylation is 1. The molecule has 134 valence electrons. The van der Waals surface area contributed by atoms with E-state index in [0.29, 0.717) is 38.7 Å². The molecular formula is C16H28N6O2. The zero-order chi connectivity index (χ0) is 17.6. The summed E-state index contributed by atoms with van der Waals surface area (Å²) in [7, 11) is 0. The van der Waals surface area contributed by atoms with Crippen molar-refractivity contribution in [3.8, 4) is 0 Å². The fourth-order valence-corrected chi connectivity index (χ4v) is 2.40. The number of aromatic nitrogens is 2. The summed E-state index contributed by atoms with van der Waals surface area (Å²) in [6.07, 6.45) is 4.32. The number of nitrogens with two attached hydrogens (primary N) is 1. The van der Waals surface area contributed by atoms with E-state index in [9.17, 15) is 4.79 Å². The Hall–Kier alpha value is -2.25. The Morgan fingerprint density at radius 1 is 1.25 bits per heavy atom. The topological polar surface area (TPSA) is 89.0 Å². The van der Waals surface area contributed by atoms with Crippen molar-refractivity contribution in [3.63, 3.8) is 0 Å². The van der Waals surface area contributed by atoms with Gasteiger partial charge >= 0.3 is 6.09 Å². The summed E-state index contributed by atoms with van der Waals surface area (Å²) in [5.41, 5.74) is 5.58. The maximum absolute atomic E-state index is 12.0. The zero-order valence-corrected chi connectivity index (χ0v) is 14.8. The molecule has 2 N–H and O–H groups in total. The lowest BCUT2D eigenvalue weighted by atomic mass is 10.2. The van der Waals surface area contributed by atoms with E-state index in [1.54, 1.807) is 11.1 Å². The van der Waals surface area contributed by atoms with Gasteiger partial charge in [0, 0.05) is 51.7 Å². The Labute approximate surface area is 143 Å². The second-order valence-corrected chi connectivity index (χ2v) is 6.82. The van der Waals surface area contributed by atoms with Gasteiger partial charge in [0.25, 0.3) is 0 Å². The molecule has 1 aromatic heterocycles. The lowest BCUT2D eigenvalue weighted by Gasteiger charge is -2.36. The van der Waals surface area contributed by atoms with Crippen molar-refractivity contribution in [3.05, 3.63) is 18.5 Å². The third-order valence-corrected chi connectivity index (χ3v) is 3.63. The Morgan fingerprint density at radius 3 is 2.50 bits per heavy atom. The molecule has 1 saturated heterocycles. The average Bonchev–Trinajstić information content (AvgIpc) is 3.03. The molecule has 1 amide bonds. The van der Waals surface area contributed by atoms with Crippen LogP contribution in [0.2, 0.25) is 0 Å². The zero-order valence-electron chi connectivity index (χ0n) is 14.8. The molecule has 2 rings (SSSR count). The van der Waals surface area contributed by atoms with Gasteiger partial charge in [-0.05, 0) is 33.3 Å². The van der Waals surface area contributed by atoms with Crippen LogP contribution in [0.1, 0.15) is 27.2 Å². The summed E-state index contributed by atoms with van der Waals surface area (Å²) in [4.78, 5) is 20.2. The number of hydrogen-bond acceptors (Lipinski definition) is 4. The summed E-state index contributed by atoms with van der Waals surface area (Å²) in [5.74, 6) is 0.541. The van der Waals surface area contributed by atoms with Crippen LogP contribution in [-0.2, 0) is 11.3 Å². The van der Waals surface area contributed by atoms with E-state index in [1.807, 2.05) is 42.6 Å². The van der Waals surface area contributed by atoms with Crippen LogP contribution in [-0.4, -0.2) is 70.0 Å². The van der Waals surface area contributed by atoms with Crippen molar-refractivity contribution in [2.45, 2.75) is 39.3 Å². The number of carbonyl (C=O) groups is 1. The minimum absolute atomic E-state index is 0.267. The number of amides is 1. The van der Waals surface area contributed by atoms with Crippen LogP contribution in [0.4, 0.5) is 4.79 Å². The molecular weight excluding hydrogens is 308 g/mol. The van der Waals surface area contributed by atoms with Gasteiger partial charge in [-0.3, -0.25) is 9.67 Å². The predicted octanol–water partition coefficient (Wildman–Crippen LogP) is 1.14. The standard InChI is InChI=1S/C16H28N6O2/c1-16(2,3)24-15(23)21-12-10-20(11-13-21)14(17)18-6-4-8-22-9-5-7-19-22/h5,7,9H,4,6,8,10-13H2,1-3H3,(H2,17,18). The van der Waals surface area contributed by atoms with E-state index in [4.69, 9.17) is 10.5 Å². The molecule has 0 radical (unpaired) electrons. The SMILES string of the molecule is CC(C)(C)OC(=O)N1CCN(C(N)=NCCCn2cccn2)CC1. The molecule has 0 atom stereocenters. The maximum Gasteiger partial charge on any atom is 0.410 e. The minimum Gasteiger partial charge on any atom is -0.444 e. The second kappa shape index (κ2) is 8.03. The van der Waals surface area contributed by atoms with Crippen LogP contribution in [0.3, 0.4) is 0 Å². The molecule has 1 aliphatic heterocycles. The Balaban J connectivity index is 1.70. The first kappa shape index (κ1) is 18.1. The highest BCUT2D eigenvalue weighted by molar-refractivity contribution is 5.78. The van der Waals surface area contributed by atoms with Crippen LogP contribution >= 0.6 is 0 Å². The van der Waals surface area contributed by atoms with Crippen LogP contribution in [0, 0.1) is 0 Å². The fraction of sp³-hybridized carbons (Fsp3) is 0.688. The Bertz CT molecular complexity index is 541. The third-order valence-electron chi connectivity index (χ3n) is 3.63. The van der Waals surface area contributed by atoms with Gasteiger partial charge in [0.05, 0.1) is 0 Å². The number of rotatable bonds is 4. The molecule has 0 unspecified atom stereocenters. The number of carbonyl (C=O) groups excluding carboxylic acids is 1. The second-order valence-electron chi connectivity index (χ2n) is 6.82. The first-order valence-corrected chi connectivity index (χ1v) is 8.35. The van der Waals surface area contributed by atoms with Gasteiger partial charge in [0.15, 0.2) is 5.96 Å². The molecule has 1 aromatic rings. The number of aliphatic imine (C=N–C) groups is 1. The lowest BCUT2D eigenvalue weighted by molar-refractivity contribution is 0.0186. The van der Waals surface area contributed by atoms with Gasteiger partial charge in [0.2, 0.25) is 0 Å². The van der Waals surface area contributed by atoms with Gasteiger partial charge in [-0.25, -0.2) is 4.79 Å². The summed E-state index contributed by atoms with van der Waals surface area (Å²) in [5, 5.41) is 4.15. The van der Waals surface area contributed by atoms with Gasteiger partial charge < -0.3 is 20.3 Å². The van der Waals surface area contributed by atoms with Gasteiger partial charge in [-0.2, -0.15) is 5.10 Å². The van der Waals surface area contributed by atoms with E-state index in [2.05, 4.69) is 10.1 Å². The van der Waals surface area contributed by atoms with E-state index in [0.717, 1.165) is 13.0 Å². The van der Waals surface area contributed by atoms with Crippen LogP contribution in [0.15, 0.2) is 23.5 Å². The van der Waals surface area contributed by atoms with Crippen molar-refractivity contribution >= 4 is 12.1 Å². The molecule has 24 heavy (non-hydrogen) atoms. The molecule has 0 saturated carbocycles. The van der Waals surface area contributed by atoms with Crippen molar-refractivity contribution in [1.29, 1.82) is 0 Å². The highest BCUT2D eigenvalue weighted by Gasteiger charge is 2.26. The predicted molar refractivity (Wildman–Crippen MR) is 92.7 cm³/mol. The number of hydrogen-bond donors (Lipinski definition) is 1. The Kier molecular flexibility index (Phi) is 6.05. The smallest absolute Gasteiger partial charge is 0.410 e. The first-order chi connectivity index (χ1) is 11.3. The summed E-state index contributed by atoms with van der Waals surface area (Å²) in [6.45, 7) is 9.64. The number of nitrogens with zero attached hydrogens (tertiary/aromatic N) is 5. The molecule has 1 fully saturated rings. The highest BCUT2D eigenvalue weighted by atomic mass is 16.6. The van der Waals surface area contributed by atoms with Crippen molar-refractivity contribution in [1.82, 2.24) is 19.6 Å². The molecule has 0 aromatic carbocycles. The molecule has 2 heterocycles. The van der Waals surface area contributed by atoms with E-state index in [-0.39, 0.29) is 6.09 Å². The van der Waals surface area contributed by atoms with Gasteiger partial charge in [-0.1, -0.05) is 0 Å². The van der Waals surface area contributed by atoms with Crippen LogP contribution < -0.4 is 5.73 Å².